The van der Waals surface area contributed by atoms with Gasteiger partial charge in [-0.2, -0.15) is 0 Å². The van der Waals surface area contributed by atoms with Gasteiger partial charge in [-0.25, -0.2) is 5.01 Å². The van der Waals surface area contributed by atoms with E-state index in [0.717, 1.165) is 16.7 Å². The number of nitrogens with one attached hydrogen (secondary N) is 2. The smallest absolute Gasteiger partial charge is 0.261 e. The molecule has 1 aliphatic heterocycles. The van der Waals surface area contributed by atoms with E-state index in [1.807, 2.05) is 97.9 Å². The van der Waals surface area contributed by atoms with Gasteiger partial charge in [0.25, 0.3) is 11.8 Å². The number of hydrogen-bond acceptors (Lipinski definition) is 4. The SMILES string of the molecule is CC1C(=O)N(NC(=O)[C@H](C)NC(=O)Cc2ccccc2Oc2ccccc2)c2ccccc2-c2ccccc21. The molecule has 1 unspecified atom stereocenters. The van der Waals surface area contributed by atoms with Crippen LogP contribution in [0, 0.1) is 0 Å². The van der Waals surface area contributed by atoms with E-state index in [1.165, 1.54) is 5.01 Å². The predicted molar refractivity (Wildman–Crippen MR) is 150 cm³/mol. The summed E-state index contributed by atoms with van der Waals surface area (Å²) in [6.45, 7) is 3.42. The zero-order valence-electron chi connectivity index (χ0n) is 21.8. The van der Waals surface area contributed by atoms with Crippen LogP contribution in [0.5, 0.6) is 11.5 Å². The van der Waals surface area contributed by atoms with Gasteiger partial charge in [0.1, 0.15) is 17.5 Å². The number of hydrazine groups is 1. The molecule has 1 heterocycles. The summed E-state index contributed by atoms with van der Waals surface area (Å²) in [7, 11) is 0. The Bertz CT molecular complexity index is 1520. The van der Waals surface area contributed by atoms with Gasteiger partial charge in [0, 0.05) is 11.1 Å². The Kier molecular flexibility index (Phi) is 7.41. The van der Waals surface area contributed by atoms with Crippen LogP contribution in [0.15, 0.2) is 103 Å². The Morgan fingerprint density at radius 3 is 2.28 bits per heavy atom. The monoisotopic (exact) mass is 519 g/mol. The maximum atomic E-state index is 13.5. The van der Waals surface area contributed by atoms with Crippen molar-refractivity contribution in [3.8, 4) is 22.6 Å². The van der Waals surface area contributed by atoms with Crippen molar-refractivity contribution in [3.63, 3.8) is 0 Å². The summed E-state index contributed by atoms with van der Waals surface area (Å²) in [5.74, 6) is -0.344. The molecular formula is C32H29N3O4. The summed E-state index contributed by atoms with van der Waals surface area (Å²) < 4.78 is 5.95. The normalized spacial score (nSPS) is 14.9. The maximum Gasteiger partial charge on any atom is 0.261 e. The topological polar surface area (TPSA) is 87.7 Å². The molecule has 2 atom stereocenters. The minimum Gasteiger partial charge on any atom is -0.457 e. The highest BCUT2D eigenvalue weighted by atomic mass is 16.5. The molecule has 39 heavy (non-hydrogen) atoms. The summed E-state index contributed by atoms with van der Waals surface area (Å²) in [5, 5.41) is 4.05. The molecule has 1 aliphatic rings. The van der Waals surface area contributed by atoms with Gasteiger partial charge >= 0.3 is 0 Å². The van der Waals surface area contributed by atoms with Crippen molar-refractivity contribution in [1.29, 1.82) is 0 Å². The lowest BCUT2D eigenvalue weighted by Crippen LogP contribution is -2.54. The molecule has 0 aliphatic carbocycles. The van der Waals surface area contributed by atoms with E-state index in [-0.39, 0.29) is 18.2 Å². The van der Waals surface area contributed by atoms with Crippen LogP contribution in [0.25, 0.3) is 11.1 Å². The lowest BCUT2D eigenvalue weighted by atomic mass is 9.92. The first-order valence-corrected chi connectivity index (χ1v) is 12.9. The highest BCUT2D eigenvalue weighted by molar-refractivity contribution is 6.06. The van der Waals surface area contributed by atoms with Crippen LogP contribution in [-0.2, 0) is 20.8 Å². The third kappa shape index (κ3) is 5.52. The van der Waals surface area contributed by atoms with Crippen LogP contribution in [0.4, 0.5) is 5.69 Å². The molecular weight excluding hydrogens is 490 g/mol. The third-order valence-corrected chi connectivity index (χ3v) is 6.74. The fourth-order valence-electron chi connectivity index (χ4n) is 4.68. The molecule has 0 saturated heterocycles. The summed E-state index contributed by atoms with van der Waals surface area (Å²) >= 11 is 0. The van der Waals surface area contributed by atoms with Crippen LogP contribution in [0.1, 0.15) is 30.9 Å². The number of carbonyl (C=O) groups excluding carboxylic acids is 3. The number of carbonyl (C=O) groups is 3. The molecule has 5 rings (SSSR count). The van der Waals surface area contributed by atoms with Gasteiger partial charge in [0.05, 0.1) is 18.0 Å². The predicted octanol–water partition coefficient (Wildman–Crippen LogP) is 5.37. The Balaban J connectivity index is 1.29. The molecule has 7 heteroatoms. The van der Waals surface area contributed by atoms with Gasteiger partial charge in [0.15, 0.2) is 0 Å². The molecule has 2 N–H and O–H groups in total. The summed E-state index contributed by atoms with van der Waals surface area (Å²) in [5.41, 5.74) is 6.71. The van der Waals surface area contributed by atoms with E-state index in [9.17, 15) is 14.4 Å². The van der Waals surface area contributed by atoms with Crippen molar-refractivity contribution in [3.05, 3.63) is 114 Å². The summed E-state index contributed by atoms with van der Waals surface area (Å²) in [6.07, 6.45) is 0.0262. The second kappa shape index (κ2) is 11.2. The van der Waals surface area contributed by atoms with Crippen molar-refractivity contribution in [2.75, 3.05) is 5.01 Å². The first kappa shape index (κ1) is 25.7. The molecule has 0 saturated carbocycles. The minimum atomic E-state index is -0.888. The van der Waals surface area contributed by atoms with E-state index in [0.29, 0.717) is 22.7 Å². The van der Waals surface area contributed by atoms with E-state index >= 15 is 0 Å². The van der Waals surface area contributed by atoms with E-state index < -0.39 is 17.9 Å². The van der Waals surface area contributed by atoms with E-state index in [1.54, 1.807) is 19.1 Å². The molecule has 4 aromatic carbocycles. The van der Waals surface area contributed by atoms with Crippen LogP contribution in [0.3, 0.4) is 0 Å². The van der Waals surface area contributed by atoms with Crippen LogP contribution in [0.2, 0.25) is 0 Å². The van der Waals surface area contributed by atoms with Gasteiger partial charge in [-0.1, -0.05) is 78.9 Å². The largest absolute Gasteiger partial charge is 0.457 e. The fourth-order valence-corrected chi connectivity index (χ4v) is 4.68. The number of nitrogens with zero attached hydrogens (tertiary/aromatic N) is 1. The Morgan fingerprint density at radius 2 is 1.49 bits per heavy atom. The minimum absolute atomic E-state index is 0.0262. The van der Waals surface area contributed by atoms with Crippen molar-refractivity contribution in [2.45, 2.75) is 32.2 Å². The first-order chi connectivity index (χ1) is 18.9. The number of rotatable bonds is 7. The molecule has 0 radical (unpaired) electrons. The van der Waals surface area contributed by atoms with Crippen molar-refractivity contribution in [1.82, 2.24) is 10.7 Å². The van der Waals surface area contributed by atoms with Crippen LogP contribution >= 0.6 is 0 Å². The average molecular weight is 520 g/mol. The summed E-state index contributed by atoms with van der Waals surface area (Å²) in [6, 6.07) is 30.9. The molecule has 3 amide bonds. The molecule has 0 aromatic heterocycles. The number of benzene rings is 4. The van der Waals surface area contributed by atoms with Crippen molar-refractivity contribution in [2.24, 2.45) is 0 Å². The van der Waals surface area contributed by atoms with Crippen molar-refractivity contribution < 1.29 is 19.1 Å². The number of anilines is 1. The van der Waals surface area contributed by atoms with Crippen molar-refractivity contribution >= 4 is 23.4 Å². The highest BCUT2D eigenvalue weighted by Crippen LogP contribution is 2.40. The Labute approximate surface area is 227 Å². The standard InChI is InChI=1S/C32H29N3O4/c1-21-25-15-7-8-16-26(25)27-17-9-10-18-28(27)35(32(21)38)34-31(37)22(2)33-30(36)20-23-12-6-11-19-29(23)39-24-13-4-3-5-14-24/h3-19,21-22H,20H2,1-2H3,(H,33,36)(H,34,37)/t21?,22-/m0/s1. The zero-order chi connectivity index (χ0) is 27.4. The average Bonchev–Trinajstić information content (AvgIpc) is 3.04. The Hall–Kier alpha value is -4.91. The number of fused-ring (bicyclic) bond motifs is 3. The molecule has 0 spiro atoms. The molecule has 0 fully saturated rings. The van der Waals surface area contributed by atoms with Gasteiger partial charge in [-0.3, -0.25) is 19.8 Å². The van der Waals surface area contributed by atoms with E-state index in [4.69, 9.17) is 4.74 Å². The number of amides is 3. The molecule has 196 valence electrons. The zero-order valence-corrected chi connectivity index (χ0v) is 21.8. The van der Waals surface area contributed by atoms with Crippen LogP contribution in [-0.4, -0.2) is 23.8 Å². The third-order valence-electron chi connectivity index (χ3n) is 6.74. The van der Waals surface area contributed by atoms with Gasteiger partial charge in [0.2, 0.25) is 5.91 Å². The quantitative estimate of drug-likeness (QED) is 0.343. The van der Waals surface area contributed by atoms with Gasteiger partial charge in [-0.15, -0.1) is 0 Å². The highest BCUT2D eigenvalue weighted by Gasteiger charge is 2.33. The fraction of sp³-hybridized carbons (Fsp3) is 0.156. The summed E-state index contributed by atoms with van der Waals surface area (Å²) in [4.78, 5) is 39.6. The first-order valence-electron chi connectivity index (χ1n) is 12.9. The number of para-hydroxylation sites is 3. The Morgan fingerprint density at radius 1 is 0.846 bits per heavy atom. The number of ether oxygens (including phenoxy) is 1. The lowest BCUT2D eigenvalue weighted by molar-refractivity contribution is -0.130. The van der Waals surface area contributed by atoms with E-state index in [2.05, 4.69) is 10.7 Å². The molecule has 0 bridgehead atoms. The van der Waals surface area contributed by atoms with Gasteiger partial charge in [-0.05, 0) is 49.2 Å². The number of hydrogen-bond donors (Lipinski definition) is 2. The second-order valence-corrected chi connectivity index (χ2v) is 9.46. The maximum absolute atomic E-state index is 13.5. The lowest BCUT2D eigenvalue weighted by Gasteiger charge is -2.27. The second-order valence-electron chi connectivity index (χ2n) is 9.46. The van der Waals surface area contributed by atoms with Crippen LogP contribution < -0.4 is 20.5 Å². The molecule has 4 aromatic rings. The van der Waals surface area contributed by atoms with Gasteiger partial charge < -0.3 is 10.1 Å². The molecule has 7 nitrogen and oxygen atoms in total.